The van der Waals surface area contributed by atoms with Gasteiger partial charge in [0.1, 0.15) is 11.5 Å². The first-order valence-electron chi connectivity index (χ1n) is 11.9. The first-order valence-corrected chi connectivity index (χ1v) is 11.9. The first-order chi connectivity index (χ1) is 16.2. The normalized spacial score (nSPS) is 22.1. The minimum absolute atomic E-state index is 0.111. The van der Waals surface area contributed by atoms with Crippen LogP contribution in [0.25, 0.3) is 5.76 Å². The van der Waals surface area contributed by atoms with Gasteiger partial charge in [-0.25, -0.2) is 0 Å². The molecule has 0 spiro atoms. The van der Waals surface area contributed by atoms with E-state index in [0.717, 1.165) is 29.5 Å². The van der Waals surface area contributed by atoms with E-state index in [1.54, 1.807) is 18.1 Å². The lowest BCUT2D eigenvalue weighted by Gasteiger charge is -2.28. The summed E-state index contributed by atoms with van der Waals surface area (Å²) in [5, 5.41) is 11.4. The lowest BCUT2D eigenvalue weighted by atomic mass is 9.91. The molecule has 0 saturated carbocycles. The number of carbonyl (C=O) groups excluding carboxylic acids is 2. The van der Waals surface area contributed by atoms with Gasteiger partial charge < -0.3 is 19.5 Å². The largest absolute Gasteiger partial charge is 0.507 e. The van der Waals surface area contributed by atoms with E-state index in [9.17, 15) is 14.7 Å². The molecule has 6 heteroatoms. The van der Waals surface area contributed by atoms with Crippen LogP contribution in [0.1, 0.15) is 66.5 Å². The summed E-state index contributed by atoms with van der Waals surface area (Å²) in [5.41, 5.74) is 4.21. The second kappa shape index (κ2) is 9.63. The fraction of sp³-hybridized carbons (Fsp3) is 0.429. The van der Waals surface area contributed by atoms with Gasteiger partial charge in [0.05, 0.1) is 24.8 Å². The first kappa shape index (κ1) is 24.0. The van der Waals surface area contributed by atoms with Gasteiger partial charge in [0.2, 0.25) is 0 Å². The summed E-state index contributed by atoms with van der Waals surface area (Å²) >= 11 is 0. The molecule has 2 fully saturated rings. The number of Topliss-reactive ketones (excluding diaryl/α,β-unsaturated/α-hetero) is 1. The van der Waals surface area contributed by atoms with E-state index in [1.807, 2.05) is 44.2 Å². The third-order valence-corrected chi connectivity index (χ3v) is 6.88. The van der Waals surface area contributed by atoms with Crippen LogP contribution in [-0.4, -0.2) is 48.1 Å². The van der Waals surface area contributed by atoms with Crippen LogP contribution in [0.2, 0.25) is 0 Å². The zero-order valence-electron chi connectivity index (χ0n) is 20.6. The van der Waals surface area contributed by atoms with Crippen molar-refractivity contribution in [3.63, 3.8) is 0 Å². The molecule has 2 heterocycles. The standard InChI is InChI=1S/C28H33NO5/c1-16(2)19-8-10-20(11-9-19)25-24(26(30)22-13-18(4)23(33-5)14-17(22)3)27(31)28(32)29(25)15-21-7-6-12-34-21/h8-11,13-14,16,21,25,30H,6-7,12,15H2,1-5H3/b26-24+. The van der Waals surface area contributed by atoms with Crippen molar-refractivity contribution in [1.82, 2.24) is 4.90 Å². The number of aliphatic hydroxyl groups is 1. The van der Waals surface area contributed by atoms with Gasteiger partial charge in [-0.05, 0) is 67.0 Å². The maximum atomic E-state index is 13.3. The van der Waals surface area contributed by atoms with Crippen LogP contribution in [0.5, 0.6) is 5.75 Å². The number of amides is 1. The van der Waals surface area contributed by atoms with Crippen molar-refractivity contribution >= 4 is 17.4 Å². The Labute approximate surface area is 201 Å². The maximum Gasteiger partial charge on any atom is 0.295 e. The summed E-state index contributed by atoms with van der Waals surface area (Å²) in [6.45, 7) is 8.95. The second-order valence-electron chi connectivity index (χ2n) is 9.54. The number of hydrogen-bond donors (Lipinski definition) is 1. The molecule has 0 radical (unpaired) electrons. The Bertz CT molecular complexity index is 1130. The molecule has 180 valence electrons. The van der Waals surface area contributed by atoms with Crippen molar-refractivity contribution in [2.24, 2.45) is 0 Å². The average molecular weight is 464 g/mol. The van der Waals surface area contributed by atoms with Crippen LogP contribution in [0.3, 0.4) is 0 Å². The predicted molar refractivity (Wildman–Crippen MR) is 131 cm³/mol. The smallest absolute Gasteiger partial charge is 0.295 e. The number of hydrogen-bond acceptors (Lipinski definition) is 5. The number of aliphatic hydroxyl groups excluding tert-OH is 1. The average Bonchev–Trinajstić information content (AvgIpc) is 3.42. The number of likely N-dealkylation sites (tertiary alicyclic amines) is 1. The van der Waals surface area contributed by atoms with Gasteiger partial charge in [-0.15, -0.1) is 0 Å². The highest BCUT2D eigenvalue weighted by Crippen LogP contribution is 2.41. The Morgan fingerprint density at radius 1 is 1.15 bits per heavy atom. The number of ether oxygens (including phenoxy) is 2. The molecule has 6 nitrogen and oxygen atoms in total. The summed E-state index contributed by atoms with van der Waals surface area (Å²) in [7, 11) is 1.60. The third-order valence-electron chi connectivity index (χ3n) is 6.88. The molecule has 1 amide bonds. The molecule has 2 atom stereocenters. The van der Waals surface area contributed by atoms with E-state index < -0.39 is 17.7 Å². The van der Waals surface area contributed by atoms with Crippen LogP contribution in [0, 0.1) is 13.8 Å². The van der Waals surface area contributed by atoms with Crippen molar-refractivity contribution < 1.29 is 24.2 Å². The zero-order chi connectivity index (χ0) is 24.6. The molecule has 2 aromatic carbocycles. The van der Waals surface area contributed by atoms with Gasteiger partial charge in [0.15, 0.2) is 0 Å². The molecule has 4 rings (SSSR count). The molecule has 2 aromatic rings. The SMILES string of the molecule is COc1cc(C)c(/C(O)=C2\C(=O)C(=O)N(CC3CCCO3)C2c2ccc(C(C)C)cc2)cc1C. The van der Waals surface area contributed by atoms with Crippen LogP contribution in [-0.2, 0) is 14.3 Å². The van der Waals surface area contributed by atoms with Crippen LogP contribution < -0.4 is 4.74 Å². The lowest BCUT2D eigenvalue weighted by Crippen LogP contribution is -2.36. The Morgan fingerprint density at radius 2 is 1.85 bits per heavy atom. The molecular formula is C28H33NO5. The Morgan fingerprint density at radius 3 is 2.44 bits per heavy atom. The van der Waals surface area contributed by atoms with E-state index in [4.69, 9.17) is 9.47 Å². The number of methoxy groups -OCH3 is 1. The van der Waals surface area contributed by atoms with E-state index in [2.05, 4.69) is 13.8 Å². The summed E-state index contributed by atoms with van der Waals surface area (Å²) in [6.07, 6.45) is 1.67. The molecule has 2 aliphatic rings. The summed E-state index contributed by atoms with van der Waals surface area (Å²) < 4.78 is 11.2. The molecule has 1 N–H and O–H groups in total. The maximum absolute atomic E-state index is 13.3. The van der Waals surface area contributed by atoms with E-state index in [-0.39, 0.29) is 17.4 Å². The highest BCUT2D eigenvalue weighted by atomic mass is 16.5. The topological polar surface area (TPSA) is 76.1 Å². The van der Waals surface area contributed by atoms with Crippen LogP contribution >= 0.6 is 0 Å². The molecule has 2 unspecified atom stereocenters. The Hall–Kier alpha value is -3.12. The van der Waals surface area contributed by atoms with Gasteiger partial charge in [0, 0.05) is 18.7 Å². The quantitative estimate of drug-likeness (QED) is 0.369. The molecule has 2 saturated heterocycles. The minimum atomic E-state index is -0.674. The van der Waals surface area contributed by atoms with Gasteiger partial charge >= 0.3 is 0 Å². The second-order valence-corrected chi connectivity index (χ2v) is 9.54. The zero-order valence-corrected chi connectivity index (χ0v) is 20.6. The van der Waals surface area contributed by atoms with Gasteiger partial charge in [-0.1, -0.05) is 38.1 Å². The van der Waals surface area contributed by atoms with Crippen molar-refractivity contribution in [3.8, 4) is 5.75 Å². The summed E-state index contributed by atoms with van der Waals surface area (Å²) in [5.74, 6) is -0.362. The Balaban J connectivity index is 1.85. The fourth-order valence-corrected chi connectivity index (χ4v) is 4.90. The van der Waals surface area contributed by atoms with E-state index >= 15 is 0 Å². The lowest BCUT2D eigenvalue weighted by molar-refractivity contribution is -0.140. The number of carbonyl (C=O) groups is 2. The molecule has 34 heavy (non-hydrogen) atoms. The number of nitrogens with zero attached hydrogens (tertiary/aromatic N) is 1. The van der Waals surface area contributed by atoms with Crippen molar-refractivity contribution in [2.75, 3.05) is 20.3 Å². The minimum Gasteiger partial charge on any atom is -0.507 e. The molecule has 2 aliphatic heterocycles. The highest BCUT2D eigenvalue weighted by Gasteiger charge is 2.47. The number of ketones is 1. The molecular weight excluding hydrogens is 430 g/mol. The predicted octanol–water partition coefficient (Wildman–Crippen LogP) is 5.04. The molecule has 0 aromatic heterocycles. The monoisotopic (exact) mass is 463 g/mol. The summed E-state index contributed by atoms with van der Waals surface area (Å²) in [6, 6.07) is 10.9. The summed E-state index contributed by atoms with van der Waals surface area (Å²) in [4.78, 5) is 28.1. The van der Waals surface area contributed by atoms with Gasteiger partial charge in [-0.3, -0.25) is 9.59 Å². The number of benzene rings is 2. The van der Waals surface area contributed by atoms with E-state index in [0.29, 0.717) is 30.4 Å². The van der Waals surface area contributed by atoms with Crippen molar-refractivity contribution in [1.29, 1.82) is 0 Å². The van der Waals surface area contributed by atoms with Crippen molar-refractivity contribution in [3.05, 3.63) is 69.8 Å². The van der Waals surface area contributed by atoms with Crippen LogP contribution in [0.15, 0.2) is 42.0 Å². The van der Waals surface area contributed by atoms with Gasteiger partial charge in [-0.2, -0.15) is 0 Å². The van der Waals surface area contributed by atoms with E-state index in [1.165, 1.54) is 5.56 Å². The fourth-order valence-electron chi connectivity index (χ4n) is 4.90. The molecule has 0 aliphatic carbocycles. The molecule has 0 bridgehead atoms. The number of aryl methyl sites for hydroxylation is 2. The van der Waals surface area contributed by atoms with Gasteiger partial charge in [0.25, 0.3) is 11.7 Å². The van der Waals surface area contributed by atoms with Crippen molar-refractivity contribution in [2.45, 2.75) is 58.6 Å². The Kier molecular flexibility index (Phi) is 6.80. The van der Waals surface area contributed by atoms with Crippen LogP contribution in [0.4, 0.5) is 0 Å². The third kappa shape index (κ3) is 4.34. The number of rotatable bonds is 6. The highest BCUT2D eigenvalue weighted by molar-refractivity contribution is 6.46.